The predicted octanol–water partition coefficient (Wildman–Crippen LogP) is 6.49. The molecule has 0 nitrogen and oxygen atoms in total. The first-order valence-corrected chi connectivity index (χ1v) is 8.64. The molecule has 18 heavy (non-hydrogen) atoms. The molecule has 104 valence electrons. The summed E-state index contributed by atoms with van der Waals surface area (Å²) in [5.41, 5.74) is 4.47. The third-order valence-electron chi connectivity index (χ3n) is 2.92. The molecule has 0 saturated carbocycles. The molecular formula is C17H31P. The Morgan fingerprint density at radius 2 is 1.56 bits per heavy atom. The third-order valence-corrected chi connectivity index (χ3v) is 5.82. The summed E-state index contributed by atoms with van der Waals surface area (Å²) in [5, 5.41) is 0. The standard InChI is InChI=1S/C17H31P/c1-14(2)10-8-11-17(7)12-9-13-18(15(3)4)16(5)6/h9-10,12-13,15-16H,8,11H2,1-7H3/b13-9+,17-12+. The molecule has 0 amide bonds. The summed E-state index contributed by atoms with van der Waals surface area (Å²) >= 11 is 0. The van der Waals surface area contributed by atoms with Crippen LogP contribution in [0.25, 0.3) is 0 Å². The fourth-order valence-electron chi connectivity index (χ4n) is 1.92. The molecule has 0 bridgehead atoms. The Labute approximate surface area is 116 Å². The van der Waals surface area contributed by atoms with Crippen LogP contribution < -0.4 is 0 Å². The van der Waals surface area contributed by atoms with E-state index in [2.05, 4.69) is 72.5 Å². The van der Waals surface area contributed by atoms with Gasteiger partial charge in [-0.2, -0.15) is 0 Å². The summed E-state index contributed by atoms with van der Waals surface area (Å²) in [5.74, 6) is 2.44. The van der Waals surface area contributed by atoms with Gasteiger partial charge < -0.3 is 0 Å². The smallest absolute Gasteiger partial charge is 0.0229 e. The van der Waals surface area contributed by atoms with Crippen molar-refractivity contribution in [2.75, 3.05) is 0 Å². The maximum Gasteiger partial charge on any atom is -0.0229 e. The van der Waals surface area contributed by atoms with Crippen molar-refractivity contribution in [3.05, 3.63) is 35.2 Å². The van der Waals surface area contributed by atoms with E-state index in [9.17, 15) is 0 Å². The predicted molar refractivity (Wildman–Crippen MR) is 88.8 cm³/mol. The molecule has 0 aromatic heterocycles. The Morgan fingerprint density at radius 3 is 2.00 bits per heavy atom. The first-order chi connectivity index (χ1) is 8.34. The zero-order chi connectivity index (χ0) is 14.1. The maximum absolute atomic E-state index is 2.44. The van der Waals surface area contributed by atoms with Crippen molar-refractivity contribution in [1.29, 1.82) is 0 Å². The number of hydrogen-bond acceptors (Lipinski definition) is 0. The van der Waals surface area contributed by atoms with E-state index in [0.29, 0.717) is 0 Å². The van der Waals surface area contributed by atoms with Crippen LogP contribution in [0.2, 0.25) is 0 Å². The molecule has 0 rings (SSSR count). The lowest BCUT2D eigenvalue weighted by molar-refractivity contribution is 0.967. The van der Waals surface area contributed by atoms with Gasteiger partial charge in [0.2, 0.25) is 0 Å². The van der Waals surface area contributed by atoms with Gasteiger partial charge in [0, 0.05) is 0 Å². The van der Waals surface area contributed by atoms with Crippen LogP contribution in [0.1, 0.15) is 61.3 Å². The molecule has 0 aliphatic carbocycles. The van der Waals surface area contributed by atoms with Gasteiger partial charge in [-0.25, -0.2) is 0 Å². The van der Waals surface area contributed by atoms with Crippen LogP contribution in [0.5, 0.6) is 0 Å². The van der Waals surface area contributed by atoms with Crippen LogP contribution in [0.15, 0.2) is 35.2 Å². The van der Waals surface area contributed by atoms with Gasteiger partial charge in [0.25, 0.3) is 0 Å². The van der Waals surface area contributed by atoms with Crippen LogP contribution >= 0.6 is 7.92 Å². The summed E-state index contributed by atoms with van der Waals surface area (Å²) in [6.07, 6.45) is 9.23. The Balaban J connectivity index is 4.29. The van der Waals surface area contributed by atoms with E-state index < -0.39 is 0 Å². The molecule has 0 spiro atoms. The van der Waals surface area contributed by atoms with Crippen molar-refractivity contribution in [2.45, 2.75) is 72.6 Å². The molecule has 0 heterocycles. The average Bonchev–Trinajstić information content (AvgIpc) is 2.22. The highest BCUT2D eigenvalue weighted by atomic mass is 31.1. The van der Waals surface area contributed by atoms with Crippen molar-refractivity contribution < 1.29 is 0 Å². The van der Waals surface area contributed by atoms with Crippen molar-refractivity contribution in [3.63, 3.8) is 0 Å². The zero-order valence-corrected chi connectivity index (χ0v) is 14.2. The molecule has 0 aliphatic rings. The lowest BCUT2D eigenvalue weighted by Crippen LogP contribution is -2.00. The van der Waals surface area contributed by atoms with E-state index in [-0.39, 0.29) is 7.92 Å². The molecule has 0 aromatic rings. The lowest BCUT2D eigenvalue weighted by atomic mass is 10.1. The Bertz CT molecular complexity index is 294. The van der Waals surface area contributed by atoms with Gasteiger partial charge in [-0.15, -0.1) is 0 Å². The monoisotopic (exact) mass is 266 g/mol. The summed E-state index contributed by atoms with van der Waals surface area (Å²) in [4.78, 5) is 0. The highest BCUT2D eigenvalue weighted by Crippen LogP contribution is 2.47. The molecule has 0 aromatic carbocycles. The van der Waals surface area contributed by atoms with Crippen molar-refractivity contribution in [3.8, 4) is 0 Å². The van der Waals surface area contributed by atoms with Crippen LogP contribution in [0, 0.1) is 0 Å². The van der Waals surface area contributed by atoms with Gasteiger partial charge in [0.15, 0.2) is 0 Å². The molecule has 0 atom stereocenters. The van der Waals surface area contributed by atoms with Crippen LogP contribution in [-0.2, 0) is 0 Å². The highest BCUT2D eigenvalue weighted by molar-refractivity contribution is 7.62. The number of hydrogen-bond donors (Lipinski definition) is 0. The topological polar surface area (TPSA) is 0 Å². The Hall–Kier alpha value is -0.350. The van der Waals surface area contributed by atoms with Crippen LogP contribution in [0.3, 0.4) is 0 Å². The van der Waals surface area contributed by atoms with E-state index in [4.69, 9.17) is 0 Å². The molecular weight excluding hydrogens is 235 g/mol. The molecule has 0 N–H and O–H groups in total. The largest absolute Gasteiger partial charge is 0.0856 e. The summed E-state index contributed by atoms with van der Waals surface area (Å²) < 4.78 is 0. The lowest BCUT2D eigenvalue weighted by Gasteiger charge is -2.21. The maximum atomic E-state index is 2.44. The van der Waals surface area contributed by atoms with Crippen LogP contribution in [0.4, 0.5) is 0 Å². The van der Waals surface area contributed by atoms with Gasteiger partial charge in [-0.3, -0.25) is 0 Å². The molecule has 0 radical (unpaired) electrons. The van der Waals surface area contributed by atoms with Gasteiger partial charge in [-0.1, -0.05) is 70.8 Å². The summed E-state index contributed by atoms with van der Waals surface area (Å²) in [7, 11) is 0.0304. The second-order valence-electron chi connectivity index (χ2n) is 5.81. The normalized spacial score (nSPS) is 13.1. The van der Waals surface area contributed by atoms with Gasteiger partial charge in [0.05, 0.1) is 0 Å². The molecule has 0 fully saturated rings. The minimum atomic E-state index is 0.0304. The number of rotatable bonds is 7. The third kappa shape index (κ3) is 8.70. The number of allylic oxidation sites excluding steroid dienone is 5. The van der Waals surface area contributed by atoms with Gasteiger partial charge in [-0.05, 0) is 44.9 Å². The average molecular weight is 266 g/mol. The first-order valence-electron chi connectivity index (χ1n) is 7.09. The Kier molecular flexibility index (Phi) is 9.38. The quantitative estimate of drug-likeness (QED) is 0.280. The zero-order valence-electron chi connectivity index (χ0n) is 13.3. The fraction of sp³-hybridized carbons (Fsp3) is 0.647. The van der Waals surface area contributed by atoms with Crippen molar-refractivity contribution in [2.24, 2.45) is 0 Å². The molecule has 0 saturated heterocycles. The van der Waals surface area contributed by atoms with E-state index >= 15 is 0 Å². The van der Waals surface area contributed by atoms with E-state index in [1.54, 1.807) is 0 Å². The second kappa shape index (κ2) is 9.56. The van der Waals surface area contributed by atoms with Gasteiger partial charge >= 0.3 is 0 Å². The summed E-state index contributed by atoms with van der Waals surface area (Å²) in [6, 6.07) is 0. The minimum Gasteiger partial charge on any atom is -0.0856 e. The van der Waals surface area contributed by atoms with E-state index in [1.807, 2.05) is 0 Å². The fourth-order valence-corrected chi connectivity index (χ4v) is 4.09. The van der Waals surface area contributed by atoms with Crippen molar-refractivity contribution in [1.82, 2.24) is 0 Å². The summed E-state index contributed by atoms with van der Waals surface area (Å²) in [6.45, 7) is 15.9. The van der Waals surface area contributed by atoms with E-state index in [0.717, 1.165) is 11.3 Å². The minimum absolute atomic E-state index is 0.0304. The molecule has 0 unspecified atom stereocenters. The molecule has 0 aliphatic heterocycles. The van der Waals surface area contributed by atoms with Crippen molar-refractivity contribution >= 4 is 7.92 Å². The highest BCUT2D eigenvalue weighted by Gasteiger charge is 2.12. The molecule has 1 heteroatoms. The van der Waals surface area contributed by atoms with Gasteiger partial charge in [0.1, 0.15) is 0 Å². The van der Waals surface area contributed by atoms with E-state index in [1.165, 1.54) is 24.0 Å². The van der Waals surface area contributed by atoms with Crippen LogP contribution in [-0.4, -0.2) is 11.3 Å². The second-order valence-corrected chi connectivity index (χ2v) is 9.07. The Morgan fingerprint density at radius 1 is 1.00 bits per heavy atom. The SMILES string of the molecule is CC(C)=CCC/C(C)=C/C=C/P(C(C)C)C(C)C. The first kappa shape index (κ1) is 17.6.